The molecule has 1 aromatic rings. The second-order valence-electron chi connectivity index (χ2n) is 4.88. The molecule has 0 bridgehead atoms. The number of nitrogens with one attached hydrogen (secondary N) is 1. The lowest BCUT2D eigenvalue weighted by atomic mass is 10.3. The fourth-order valence-electron chi connectivity index (χ4n) is 1.67. The Balaban J connectivity index is 2.35. The molecule has 0 atom stereocenters. The second kappa shape index (κ2) is 6.95. The third-order valence-electron chi connectivity index (χ3n) is 2.84. The summed E-state index contributed by atoms with van der Waals surface area (Å²) in [6, 6.07) is 2.55. The van der Waals surface area contributed by atoms with E-state index in [1.165, 1.54) is 5.56 Å². The highest BCUT2D eigenvalue weighted by atomic mass is 32.2. The van der Waals surface area contributed by atoms with E-state index < -0.39 is 9.84 Å². The molecule has 0 unspecified atom stereocenters. The molecule has 0 spiro atoms. The summed E-state index contributed by atoms with van der Waals surface area (Å²) in [7, 11) is -2.83. The van der Waals surface area contributed by atoms with E-state index in [1.807, 2.05) is 6.20 Å². The molecule has 0 radical (unpaired) electrons. The first-order valence-corrected chi connectivity index (χ1v) is 8.33. The predicted molar refractivity (Wildman–Crippen MR) is 75.4 cm³/mol. The van der Waals surface area contributed by atoms with Gasteiger partial charge >= 0.3 is 0 Å². The van der Waals surface area contributed by atoms with E-state index in [-0.39, 0.29) is 11.5 Å². The number of hydrogen-bond donors (Lipinski definition) is 1. The number of nitrogens with zero attached hydrogens (tertiary/aromatic N) is 1. The van der Waals surface area contributed by atoms with Crippen LogP contribution in [0.4, 0.5) is 0 Å². The van der Waals surface area contributed by atoms with E-state index in [0.29, 0.717) is 12.5 Å². The second-order valence-corrected chi connectivity index (χ2v) is 7.36. The molecule has 0 saturated carbocycles. The zero-order valence-electron chi connectivity index (χ0n) is 11.5. The van der Waals surface area contributed by atoms with Gasteiger partial charge in [-0.25, -0.2) is 8.42 Å². The summed E-state index contributed by atoms with van der Waals surface area (Å²) >= 11 is 0. The third kappa shape index (κ3) is 5.69. The molecule has 0 aliphatic heterocycles. The SMILES string of the molecule is CCS(=O)(=O)CCCn1ccc(CNC(C)C)c1. The van der Waals surface area contributed by atoms with Gasteiger partial charge < -0.3 is 9.88 Å². The van der Waals surface area contributed by atoms with Crippen molar-refractivity contribution in [2.24, 2.45) is 0 Å². The molecule has 0 amide bonds. The van der Waals surface area contributed by atoms with Gasteiger partial charge in [0.15, 0.2) is 0 Å². The normalized spacial score (nSPS) is 12.2. The van der Waals surface area contributed by atoms with E-state index >= 15 is 0 Å². The Hall–Kier alpha value is -0.810. The Morgan fingerprint density at radius 2 is 2.11 bits per heavy atom. The van der Waals surface area contributed by atoms with Crippen molar-refractivity contribution in [3.63, 3.8) is 0 Å². The average Bonchev–Trinajstić information content (AvgIpc) is 2.74. The molecule has 5 heteroatoms. The lowest BCUT2D eigenvalue weighted by Crippen LogP contribution is -2.21. The first-order chi connectivity index (χ1) is 8.43. The number of sulfone groups is 1. The van der Waals surface area contributed by atoms with Crippen LogP contribution >= 0.6 is 0 Å². The number of rotatable bonds is 8. The van der Waals surface area contributed by atoms with Crippen LogP contribution in [0.15, 0.2) is 18.5 Å². The van der Waals surface area contributed by atoms with Crippen LogP contribution in [0.5, 0.6) is 0 Å². The zero-order valence-corrected chi connectivity index (χ0v) is 12.3. The molecule has 1 N–H and O–H groups in total. The van der Waals surface area contributed by atoms with Crippen LogP contribution in [0.3, 0.4) is 0 Å². The van der Waals surface area contributed by atoms with Crippen LogP contribution in [0.25, 0.3) is 0 Å². The monoisotopic (exact) mass is 272 g/mol. The van der Waals surface area contributed by atoms with E-state index in [1.54, 1.807) is 6.92 Å². The van der Waals surface area contributed by atoms with Crippen LogP contribution in [0.2, 0.25) is 0 Å². The molecule has 1 aromatic heterocycles. The van der Waals surface area contributed by atoms with E-state index in [0.717, 1.165) is 13.1 Å². The summed E-state index contributed by atoms with van der Waals surface area (Å²) < 4.78 is 24.8. The van der Waals surface area contributed by atoms with Gasteiger partial charge in [0, 0.05) is 37.3 Å². The maximum absolute atomic E-state index is 11.4. The highest BCUT2D eigenvalue weighted by molar-refractivity contribution is 7.91. The smallest absolute Gasteiger partial charge is 0.150 e. The van der Waals surface area contributed by atoms with Gasteiger partial charge in [0.25, 0.3) is 0 Å². The van der Waals surface area contributed by atoms with Gasteiger partial charge in [-0.15, -0.1) is 0 Å². The highest BCUT2D eigenvalue weighted by Crippen LogP contribution is 2.04. The lowest BCUT2D eigenvalue weighted by Gasteiger charge is -2.06. The predicted octanol–water partition coefficient (Wildman–Crippen LogP) is 1.81. The molecule has 1 rings (SSSR count). The molecule has 1 heterocycles. The minimum absolute atomic E-state index is 0.238. The van der Waals surface area contributed by atoms with E-state index in [9.17, 15) is 8.42 Å². The van der Waals surface area contributed by atoms with Crippen molar-refractivity contribution in [1.29, 1.82) is 0 Å². The van der Waals surface area contributed by atoms with Gasteiger partial charge in [0.1, 0.15) is 9.84 Å². The summed E-state index contributed by atoms with van der Waals surface area (Å²) in [6.45, 7) is 7.55. The largest absolute Gasteiger partial charge is 0.354 e. The zero-order chi connectivity index (χ0) is 13.6. The van der Waals surface area contributed by atoms with Gasteiger partial charge in [-0.05, 0) is 18.1 Å². The van der Waals surface area contributed by atoms with E-state index in [4.69, 9.17) is 0 Å². The fourth-order valence-corrected chi connectivity index (χ4v) is 2.53. The van der Waals surface area contributed by atoms with E-state index in [2.05, 4.69) is 36.0 Å². The Bertz CT molecular complexity index is 449. The van der Waals surface area contributed by atoms with Gasteiger partial charge in [-0.1, -0.05) is 20.8 Å². The molecule has 0 aliphatic rings. The van der Waals surface area contributed by atoms with Crippen LogP contribution in [0, 0.1) is 0 Å². The van der Waals surface area contributed by atoms with Crippen molar-refractivity contribution in [3.8, 4) is 0 Å². The van der Waals surface area contributed by atoms with Crippen molar-refractivity contribution >= 4 is 9.84 Å². The topological polar surface area (TPSA) is 51.1 Å². The molecule has 18 heavy (non-hydrogen) atoms. The van der Waals surface area contributed by atoms with Crippen LogP contribution in [-0.2, 0) is 22.9 Å². The van der Waals surface area contributed by atoms with Crippen LogP contribution in [0.1, 0.15) is 32.8 Å². The molecule has 0 saturated heterocycles. The van der Waals surface area contributed by atoms with Gasteiger partial charge in [-0.2, -0.15) is 0 Å². The summed E-state index contributed by atoms with van der Waals surface area (Å²) in [6.07, 6.45) is 4.77. The van der Waals surface area contributed by atoms with Gasteiger partial charge in [0.2, 0.25) is 0 Å². The highest BCUT2D eigenvalue weighted by Gasteiger charge is 2.06. The Labute approximate surface area is 110 Å². The van der Waals surface area contributed by atoms with Crippen molar-refractivity contribution in [1.82, 2.24) is 9.88 Å². The molecule has 0 aromatic carbocycles. The van der Waals surface area contributed by atoms with Crippen molar-refractivity contribution in [3.05, 3.63) is 24.0 Å². The maximum atomic E-state index is 11.4. The molecule has 4 nitrogen and oxygen atoms in total. The van der Waals surface area contributed by atoms with Crippen molar-refractivity contribution in [2.45, 2.75) is 46.3 Å². The van der Waals surface area contributed by atoms with Gasteiger partial charge in [0.05, 0.1) is 5.75 Å². The first-order valence-electron chi connectivity index (χ1n) is 6.51. The van der Waals surface area contributed by atoms with Crippen LogP contribution in [-0.4, -0.2) is 30.5 Å². The molecule has 0 fully saturated rings. The fraction of sp³-hybridized carbons (Fsp3) is 0.692. The average molecular weight is 272 g/mol. The summed E-state index contributed by atoms with van der Waals surface area (Å²) in [5.74, 6) is 0.517. The Kier molecular flexibility index (Phi) is 5.88. The molecule has 0 aliphatic carbocycles. The number of aryl methyl sites for hydroxylation is 1. The number of aromatic nitrogens is 1. The van der Waals surface area contributed by atoms with Crippen molar-refractivity contribution in [2.75, 3.05) is 11.5 Å². The Morgan fingerprint density at radius 3 is 2.72 bits per heavy atom. The molecular formula is C13H24N2O2S. The summed E-state index contributed by atoms with van der Waals surface area (Å²) in [5.41, 5.74) is 1.24. The standard InChI is InChI=1S/C13H24N2O2S/c1-4-18(16,17)9-5-7-15-8-6-13(11-15)10-14-12(2)3/h6,8,11-12,14H,4-5,7,9-10H2,1-3H3. The first kappa shape index (κ1) is 15.2. The molecule has 104 valence electrons. The quantitative estimate of drug-likeness (QED) is 0.785. The Morgan fingerprint density at radius 1 is 1.39 bits per heavy atom. The third-order valence-corrected chi connectivity index (χ3v) is 4.63. The van der Waals surface area contributed by atoms with Gasteiger partial charge in [-0.3, -0.25) is 0 Å². The minimum Gasteiger partial charge on any atom is -0.354 e. The summed E-state index contributed by atoms with van der Waals surface area (Å²) in [4.78, 5) is 0. The maximum Gasteiger partial charge on any atom is 0.150 e. The van der Waals surface area contributed by atoms with Crippen LogP contribution < -0.4 is 5.32 Å². The van der Waals surface area contributed by atoms with Crippen molar-refractivity contribution < 1.29 is 8.42 Å². The minimum atomic E-state index is -2.83. The molecular weight excluding hydrogens is 248 g/mol. The number of hydrogen-bond acceptors (Lipinski definition) is 3. The summed E-state index contributed by atoms with van der Waals surface area (Å²) in [5, 5.41) is 3.36. The lowest BCUT2D eigenvalue weighted by molar-refractivity contribution is 0.583.